The quantitative estimate of drug-likeness (QED) is 0.497. The van der Waals surface area contributed by atoms with E-state index in [4.69, 9.17) is 18.9 Å². The minimum atomic E-state index is -0.678. The number of nitriles is 1. The van der Waals surface area contributed by atoms with Crippen LogP contribution in [0, 0.1) is 18.3 Å². The molecule has 1 N–H and O–H groups in total. The first kappa shape index (κ1) is 23.6. The Labute approximate surface area is 191 Å². The number of fused-ring (bicyclic) bond motifs is 1. The molecule has 1 aliphatic rings. The molecule has 1 atom stereocenters. The minimum absolute atomic E-state index is 0.283. The summed E-state index contributed by atoms with van der Waals surface area (Å²) in [6, 6.07) is 7.09. The van der Waals surface area contributed by atoms with E-state index < -0.39 is 24.6 Å². The number of carbonyl (C=O) groups is 2. The lowest BCUT2D eigenvalue weighted by Gasteiger charge is -2.32. The van der Waals surface area contributed by atoms with Crippen LogP contribution in [0.3, 0.4) is 0 Å². The fraction of sp³-hybridized carbons (Fsp3) is 0.333. The molecular weight excluding hydrogens is 426 g/mol. The maximum atomic E-state index is 13.2. The number of carbonyl (C=O) groups excluding carboxylic acids is 2. The number of nitrogens with one attached hydrogen (secondary N) is 1. The zero-order valence-electron chi connectivity index (χ0n) is 19.1. The average Bonchev–Trinajstić information content (AvgIpc) is 2.79. The second-order valence-electron chi connectivity index (χ2n) is 7.32. The Kier molecular flexibility index (Phi) is 7.18. The molecule has 1 aliphatic heterocycles. The van der Waals surface area contributed by atoms with E-state index in [0.717, 1.165) is 11.3 Å². The molecule has 172 valence electrons. The second kappa shape index (κ2) is 10.0. The summed E-state index contributed by atoms with van der Waals surface area (Å²) in [5.41, 5.74) is 4.15. The highest BCUT2D eigenvalue weighted by molar-refractivity contribution is 5.95. The maximum absolute atomic E-state index is 13.2. The molecule has 0 saturated heterocycles. The van der Waals surface area contributed by atoms with Crippen LogP contribution in [0.15, 0.2) is 35.7 Å². The summed E-state index contributed by atoms with van der Waals surface area (Å²) >= 11 is 0. The van der Waals surface area contributed by atoms with E-state index in [0.29, 0.717) is 40.6 Å². The maximum Gasteiger partial charge on any atom is 0.339 e. The summed E-state index contributed by atoms with van der Waals surface area (Å²) in [5.74, 6) is -1.13. The summed E-state index contributed by atoms with van der Waals surface area (Å²) in [6.07, 6.45) is 1.70. The number of anilines is 1. The first-order chi connectivity index (χ1) is 15.8. The zero-order chi connectivity index (χ0) is 24.1. The zero-order valence-corrected chi connectivity index (χ0v) is 19.1. The van der Waals surface area contributed by atoms with Crippen LogP contribution >= 0.6 is 0 Å². The highest BCUT2D eigenvalue weighted by Crippen LogP contribution is 2.49. The van der Waals surface area contributed by atoms with Gasteiger partial charge < -0.3 is 24.3 Å². The van der Waals surface area contributed by atoms with E-state index in [1.807, 2.05) is 13.8 Å². The molecule has 9 heteroatoms. The smallest absolute Gasteiger partial charge is 0.339 e. The van der Waals surface area contributed by atoms with Crippen molar-refractivity contribution in [3.05, 3.63) is 57.9 Å². The van der Waals surface area contributed by atoms with E-state index in [-0.39, 0.29) is 5.57 Å². The number of allylic oxidation sites excluding steroid dienone is 1. The first-order valence-electron chi connectivity index (χ1n) is 10.3. The van der Waals surface area contributed by atoms with Gasteiger partial charge in [0.15, 0.2) is 0 Å². The summed E-state index contributed by atoms with van der Waals surface area (Å²) in [7, 11) is 1.50. The van der Waals surface area contributed by atoms with E-state index >= 15 is 0 Å². The third kappa shape index (κ3) is 4.75. The van der Waals surface area contributed by atoms with Gasteiger partial charge in [-0.25, -0.2) is 9.78 Å². The number of aromatic nitrogens is 1. The molecule has 2 aromatic rings. The van der Waals surface area contributed by atoms with E-state index in [1.165, 1.54) is 14.0 Å². The number of aryl methyl sites for hydroxylation is 1. The highest BCUT2D eigenvalue weighted by Gasteiger charge is 2.38. The van der Waals surface area contributed by atoms with Crippen molar-refractivity contribution in [1.82, 2.24) is 4.98 Å². The molecule has 0 fully saturated rings. The van der Waals surface area contributed by atoms with Crippen LogP contribution in [0.25, 0.3) is 0 Å². The summed E-state index contributed by atoms with van der Waals surface area (Å²) in [4.78, 5) is 28.8. The molecule has 1 aromatic heterocycles. The second-order valence-corrected chi connectivity index (χ2v) is 7.32. The van der Waals surface area contributed by atoms with Crippen molar-refractivity contribution in [2.45, 2.75) is 33.6 Å². The Morgan fingerprint density at radius 2 is 2.00 bits per heavy atom. The van der Waals surface area contributed by atoms with Crippen molar-refractivity contribution in [3.8, 4) is 17.7 Å². The molecule has 0 aliphatic carbocycles. The summed E-state index contributed by atoms with van der Waals surface area (Å²) in [6.45, 7) is 6.59. The third-order valence-electron chi connectivity index (χ3n) is 5.19. The number of hydrogen-bond donors (Lipinski definition) is 1. The number of hydrogen-bond acceptors (Lipinski definition) is 9. The molecule has 0 amide bonds. The molecule has 9 nitrogen and oxygen atoms in total. The summed E-state index contributed by atoms with van der Waals surface area (Å²) in [5, 5.41) is 12.6. The van der Waals surface area contributed by atoms with E-state index in [9.17, 15) is 14.9 Å². The number of ether oxygens (including phenoxy) is 4. The van der Waals surface area contributed by atoms with Crippen LogP contribution in [0.5, 0.6) is 11.6 Å². The Balaban J connectivity index is 2.24. The Bertz CT molecular complexity index is 1170. The largest absolute Gasteiger partial charge is 0.496 e. The standard InChI is InChI=1S/C24H25N3O6/c1-6-31-23-21-20(17-8-7-16(10-25)9-18(17)30-5)19(24(29)33-12-32-15(4)28)14(3)27-22(21)13(2)11-26-23/h7-9,11,20,27H,6,12H2,1-5H3/t20-/m1/s1. The number of esters is 2. The molecule has 0 spiro atoms. The van der Waals surface area contributed by atoms with Gasteiger partial charge >= 0.3 is 11.9 Å². The predicted molar refractivity (Wildman–Crippen MR) is 119 cm³/mol. The van der Waals surface area contributed by atoms with Gasteiger partial charge in [0.2, 0.25) is 12.7 Å². The number of pyridine rings is 1. The summed E-state index contributed by atoms with van der Waals surface area (Å²) < 4.78 is 21.4. The van der Waals surface area contributed by atoms with Gasteiger partial charge in [-0.1, -0.05) is 6.07 Å². The predicted octanol–water partition coefficient (Wildman–Crippen LogP) is 3.56. The van der Waals surface area contributed by atoms with Crippen molar-refractivity contribution >= 4 is 17.6 Å². The Morgan fingerprint density at radius 1 is 1.24 bits per heavy atom. The Morgan fingerprint density at radius 3 is 2.64 bits per heavy atom. The van der Waals surface area contributed by atoms with Gasteiger partial charge in [-0.05, 0) is 38.5 Å². The van der Waals surface area contributed by atoms with E-state index in [2.05, 4.69) is 16.4 Å². The number of nitrogens with zero attached hydrogens (tertiary/aromatic N) is 2. The van der Waals surface area contributed by atoms with Gasteiger partial charge in [-0.2, -0.15) is 5.26 Å². The lowest BCUT2D eigenvalue weighted by atomic mass is 9.79. The normalized spacial score (nSPS) is 14.5. The third-order valence-corrected chi connectivity index (χ3v) is 5.19. The molecule has 0 unspecified atom stereocenters. The van der Waals surface area contributed by atoms with Crippen LogP contribution < -0.4 is 14.8 Å². The molecule has 33 heavy (non-hydrogen) atoms. The highest BCUT2D eigenvalue weighted by atomic mass is 16.7. The number of benzene rings is 1. The van der Waals surface area contributed by atoms with Crippen molar-refractivity contribution in [2.24, 2.45) is 0 Å². The molecule has 3 rings (SSSR count). The topological polar surface area (TPSA) is 120 Å². The van der Waals surface area contributed by atoms with Gasteiger partial charge in [0, 0.05) is 24.4 Å². The number of methoxy groups -OCH3 is 1. The minimum Gasteiger partial charge on any atom is -0.496 e. The van der Waals surface area contributed by atoms with Gasteiger partial charge in [0.1, 0.15) is 5.75 Å². The fourth-order valence-corrected chi connectivity index (χ4v) is 3.75. The van der Waals surface area contributed by atoms with Gasteiger partial charge in [0.25, 0.3) is 0 Å². The van der Waals surface area contributed by atoms with Crippen molar-refractivity contribution in [3.63, 3.8) is 0 Å². The van der Waals surface area contributed by atoms with Gasteiger partial charge in [0.05, 0.1) is 48.1 Å². The molecule has 0 saturated carbocycles. The molecule has 1 aromatic carbocycles. The number of rotatable bonds is 7. The Hall–Kier alpha value is -4.06. The molecule has 0 bridgehead atoms. The average molecular weight is 451 g/mol. The van der Waals surface area contributed by atoms with Crippen molar-refractivity contribution in [2.75, 3.05) is 25.8 Å². The molecule has 0 radical (unpaired) electrons. The lowest BCUT2D eigenvalue weighted by Crippen LogP contribution is -2.27. The van der Waals surface area contributed by atoms with Crippen LogP contribution in [0.1, 0.15) is 48.9 Å². The van der Waals surface area contributed by atoms with Crippen LogP contribution in [0.2, 0.25) is 0 Å². The SMILES string of the molecule is CCOc1ncc(C)c2c1[C@H](c1ccc(C#N)cc1OC)C(C(=O)OCOC(C)=O)=C(C)N2. The van der Waals surface area contributed by atoms with Crippen molar-refractivity contribution < 1.29 is 28.5 Å². The van der Waals surface area contributed by atoms with Crippen LogP contribution in [-0.4, -0.2) is 37.4 Å². The first-order valence-corrected chi connectivity index (χ1v) is 10.3. The van der Waals surface area contributed by atoms with Crippen LogP contribution in [-0.2, 0) is 19.1 Å². The fourth-order valence-electron chi connectivity index (χ4n) is 3.75. The van der Waals surface area contributed by atoms with Gasteiger partial charge in [-0.3, -0.25) is 4.79 Å². The van der Waals surface area contributed by atoms with E-state index in [1.54, 1.807) is 31.3 Å². The van der Waals surface area contributed by atoms with Gasteiger partial charge in [-0.15, -0.1) is 0 Å². The van der Waals surface area contributed by atoms with Crippen molar-refractivity contribution in [1.29, 1.82) is 5.26 Å². The lowest BCUT2D eigenvalue weighted by molar-refractivity contribution is -0.163. The van der Waals surface area contributed by atoms with Crippen LogP contribution in [0.4, 0.5) is 5.69 Å². The molecular formula is C24H25N3O6. The monoisotopic (exact) mass is 451 g/mol. The molecule has 2 heterocycles.